The van der Waals surface area contributed by atoms with E-state index >= 15 is 0 Å². The molecule has 0 saturated carbocycles. The summed E-state index contributed by atoms with van der Waals surface area (Å²) in [7, 11) is 0. The minimum atomic E-state index is 0.955. The van der Waals surface area contributed by atoms with Gasteiger partial charge in [-0.15, -0.1) is 0 Å². The minimum Gasteiger partial charge on any atom is -0.309 e. The molecule has 0 N–H and O–H groups in total. The number of hydrogen-bond donors (Lipinski definition) is 0. The summed E-state index contributed by atoms with van der Waals surface area (Å²) in [6, 6.07) is 72.0. The Hall–Kier alpha value is -7.22. The van der Waals surface area contributed by atoms with Crippen LogP contribution in [0.4, 0.5) is 0 Å². The summed E-state index contributed by atoms with van der Waals surface area (Å²) >= 11 is 0. The SMILES string of the molecule is CCc1cccc(-c2ccc(C)c(-c3ccccc3C)c2)c1-c1cccc(-c2ccc(C)c(-c3cc(-c4ccc5c(c4)c4ccccc4n5-c4ccccc4)ccc3C)c2)c1. The number of para-hydroxylation sites is 2. The van der Waals surface area contributed by atoms with Crippen molar-refractivity contribution in [2.75, 3.05) is 0 Å². The van der Waals surface area contributed by atoms with Crippen LogP contribution in [0.5, 0.6) is 0 Å². The van der Waals surface area contributed by atoms with Gasteiger partial charge in [0.05, 0.1) is 11.0 Å². The fourth-order valence-corrected chi connectivity index (χ4v) is 9.48. The van der Waals surface area contributed by atoms with E-state index in [1.54, 1.807) is 0 Å². The third-order valence-corrected chi connectivity index (χ3v) is 12.8. The molecule has 0 aliphatic carbocycles. The van der Waals surface area contributed by atoms with Gasteiger partial charge < -0.3 is 4.57 Å². The van der Waals surface area contributed by atoms with Gasteiger partial charge in [0.25, 0.3) is 0 Å². The second-order valence-corrected chi connectivity index (χ2v) is 16.6. The van der Waals surface area contributed by atoms with Crippen molar-refractivity contribution in [2.24, 2.45) is 0 Å². The van der Waals surface area contributed by atoms with E-state index in [-0.39, 0.29) is 0 Å². The van der Waals surface area contributed by atoms with Gasteiger partial charge >= 0.3 is 0 Å². The molecule has 1 aromatic heterocycles. The summed E-state index contributed by atoms with van der Waals surface area (Å²) in [5, 5.41) is 2.53. The Labute approximate surface area is 360 Å². The third-order valence-electron chi connectivity index (χ3n) is 12.8. The number of nitrogens with zero attached hydrogens (tertiary/aromatic N) is 1. The van der Waals surface area contributed by atoms with E-state index in [9.17, 15) is 0 Å². The molecule has 1 heteroatoms. The zero-order chi connectivity index (χ0) is 41.6. The van der Waals surface area contributed by atoms with Gasteiger partial charge in [-0.05, 0) is 183 Å². The molecule has 0 radical (unpaired) electrons. The van der Waals surface area contributed by atoms with Gasteiger partial charge in [-0.25, -0.2) is 0 Å². The number of aromatic nitrogens is 1. The fourth-order valence-electron chi connectivity index (χ4n) is 9.48. The summed E-state index contributed by atoms with van der Waals surface area (Å²) in [5.74, 6) is 0. The number of benzene rings is 9. The van der Waals surface area contributed by atoms with E-state index in [2.05, 4.69) is 233 Å². The molecule has 61 heavy (non-hydrogen) atoms. The van der Waals surface area contributed by atoms with Gasteiger partial charge in [0.2, 0.25) is 0 Å². The molecule has 0 aliphatic rings. The van der Waals surface area contributed by atoms with Crippen LogP contribution in [0.3, 0.4) is 0 Å². The lowest BCUT2D eigenvalue weighted by atomic mass is 9.86. The second-order valence-electron chi connectivity index (χ2n) is 16.6. The standard InChI is InChI=1S/C60H49N/c1-6-43-17-15-24-52(48-31-28-40(3)54(38-48)51-22-11-10-16-39(51)2)60(43)49-19-14-18-44(34-49)45-29-26-41(4)55(35-45)56-36-46(30-27-42(56)5)47-32-33-59-57(37-47)53-23-12-13-25-58(53)61(59)50-20-8-7-9-21-50/h7-38H,6H2,1-5H3. The molecular formula is C60H49N. The maximum Gasteiger partial charge on any atom is 0.0541 e. The normalized spacial score (nSPS) is 11.4. The molecule has 0 aliphatic heterocycles. The van der Waals surface area contributed by atoms with E-state index in [1.807, 2.05) is 0 Å². The minimum absolute atomic E-state index is 0.955. The van der Waals surface area contributed by atoms with Crippen molar-refractivity contribution < 1.29 is 0 Å². The highest BCUT2D eigenvalue weighted by molar-refractivity contribution is 6.10. The zero-order valence-corrected chi connectivity index (χ0v) is 35.6. The van der Waals surface area contributed by atoms with E-state index in [4.69, 9.17) is 0 Å². The first kappa shape index (κ1) is 38.0. The summed E-state index contributed by atoms with van der Waals surface area (Å²) in [6.45, 7) is 11.2. The highest BCUT2D eigenvalue weighted by Gasteiger charge is 2.17. The summed E-state index contributed by atoms with van der Waals surface area (Å²) in [4.78, 5) is 0. The number of aryl methyl sites for hydroxylation is 5. The molecule has 1 nitrogen and oxygen atoms in total. The summed E-state index contributed by atoms with van der Waals surface area (Å²) in [6.07, 6.45) is 0.955. The van der Waals surface area contributed by atoms with Crippen molar-refractivity contribution in [3.05, 3.63) is 222 Å². The Morgan fingerprint density at radius 1 is 0.328 bits per heavy atom. The van der Waals surface area contributed by atoms with Gasteiger partial charge in [0.1, 0.15) is 0 Å². The number of rotatable bonds is 8. The predicted octanol–water partition coefficient (Wildman–Crippen LogP) is 16.6. The van der Waals surface area contributed by atoms with Crippen LogP contribution in [0.1, 0.15) is 34.7 Å². The molecule has 0 saturated heterocycles. The maximum absolute atomic E-state index is 2.40. The first-order valence-corrected chi connectivity index (χ1v) is 21.6. The quantitative estimate of drug-likeness (QED) is 0.145. The van der Waals surface area contributed by atoms with Crippen LogP contribution in [-0.4, -0.2) is 4.57 Å². The van der Waals surface area contributed by atoms with Crippen molar-refractivity contribution in [3.63, 3.8) is 0 Å². The van der Waals surface area contributed by atoms with Crippen LogP contribution < -0.4 is 0 Å². The molecule has 10 rings (SSSR count). The maximum atomic E-state index is 2.40. The van der Waals surface area contributed by atoms with Crippen LogP contribution >= 0.6 is 0 Å². The largest absolute Gasteiger partial charge is 0.309 e. The monoisotopic (exact) mass is 783 g/mol. The Morgan fingerprint density at radius 3 is 1.56 bits per heavy atom. The van der Waals surface area contributed by atoms with Gasteiger partial charge in [-0.3, -0.25) is 0 Å². The van der Waals surface area contributed by atoms with Crippen LogP contribution in [0.2, 0.25) is 0 Å². The van der Waals surface area contributed by atoms with Crippen LogP contribution in [0, 0.1) is 27.7 Å². The van der Waals surface area contributed by atoms with Gasteiger partial charge in [-0.1, -0.05) is 146 Å². The highest BCUT2D eigenvalue weighted by Crippen LogP contribution is 2.41. The zero-order valence-electron chi connectivity index (χ0n) is 35.6. The van der Waals surface area contributed by atoms with Gasteiger partial charge in [0, 0.05) is 16.5 Å². The molecule has 0 amide bonds. The average Bonchev–Trinajstić information content (AvgIpc) is 3.63. The molecular weight excluding hydrogens is 735 g/mol. The fraction of sp³-hybridized carbons (Fsp3) is 0.100. The predicted molar refractivity (Wildman–Crippen MR) is 262 cm³/mol. The molecule has 10 aromatic rings. The van der Waals surface area contributed by atoms with E-state index in [0.717, 1.165) is 6.42 Å². The highest BCUT2D eigenvalue weighted by atomic mass is 15.0. The molecule has 0 fully saturated rings. The number of fused-ring (bicyclic) bond motifs is 3. The molecule has 0 bridgehead atoms. The van der Waals surface area contributed by atoms with Crippen molar-refractivity contribution in [1.29, 1.82) is 0 Å². The Balaban J connectivity index is 1.04. The van der Waals surface area contributed by atoms with E-state index in [1.165, 1.54) is 122 Å². The molecule has 294 valence electrons. The Morgan fingerprint density at radius 2 is 0.836 bits per heavy atom. The third kappa shape index (κ3) is 6.87. The summed E-state index contributed by atoms with van der Waals surface area (Å²) in [5.41, 5.74) is 25.1. The smallest absolute Gasteiger partial charge is 0.0541 e. The van der Waals surface area contributed by atoms with Crippen LogP contribution in [0.15, 0.2) is 194 Å². The average molecular weight is 784 g/mol. The van der Waals surface area contributed by atoms with Crippen molar-refractivity contribution >= 4 is 21.8 Å². The number of hydrogen-bond acceptors (Lipinski definition) is 0. The Kier molecular flexibility index (Phi) is 9.82. The van der Waals surface area contributed by atoms with Crippen LogP contribution in [0.25, 0.3) is 94.3 Å². The van der Waals surface area contributed by atoms with Crippen molar-refractivity contribution in [2.45, 2.75) is 41.0 Å². The molecule has 9 aromatic carbocycles. The Bertz CT molecular complexity index is 3270. The van der Waals surface area contributed by atoms with E-state index in [0.29, 0.717) is 0 Å². The van der Waals surface area contributed by atoms with Gasteiger partial charge in [0.15, 0.2) is 0 Å². The summed E-state index contributed by atoms with van der Waals surface area (Å²) < 4.78 is 2.38. The van der Waals surface area contributed by atoms with E-state index < -0.39 is 0 Å². The van der Waals surface area contributed by atoms with Crippen molar-refractivity contribution in [3.8, 4) is 72.4 Å². The topological polar surface area (TPSA) is 4.93 Å². The molecule has 0 unspecified atom stereocenters. The van der Waals surface area contributed by atoms with Crippen LogP contribution in [-0.2, 0) is 6.42 Å². The molecule has 1 heterocycles. The first-order chi connectivity index (χ1) is 29.9. The first-order valence-electron chi connectivity index (χ1n) is 21.6. The molecule has 0 atom stereocenters. The van der Waals surface area contributed by atoms with Crippen molar-refractivity contribution in [1.82, 2.24) is 4.57 Å². The lowest BCUT2D eigenvalue weighted by Gasteiger charge is -2.18. The van der Waals surface area contributed by atoms with Gasteiger partial charge in [-0.2, -0.15) is 0 Å². The lowest BCUT2D eigenvalue weighted by Crippen LogP contribution is -1.95. The lowest BCUT2D eigenvalue weighted by molar-refractivity contribution is 1.14. The second kappa shape index (κ2) is 15.8. The molecule has 0 spiro atoms.